The molecule has 1 fully saturated rings. The van der Waals surface area contributed by atoms with Gasteiger partial charge in [-0.3, -0.25) is 4.79 Å². The Morgan fingerprint density at radius 2 is 2.14 bits per heavy atom. The number of anilines is 1. The summed E-state index contributed by atoms with van der Waals surface area (Å²) >= 11 is 5.95. The third kappa shape index (κ3) is 5.06. The first-order chi connectivity index (χ1) is 9.60. The third-order valence-electron chi connectivity index (χ3n) is 3.85. The molecule has 0 aromatic heterocycles. The van der Waals surface area contributed by atoms with E-state index < -0.39 is 0 Å². The first-order valence-electron chi connectivity index (χ1n) is 6.99. The fourth-order valence-corrected chi connectivity index (χ4v) is 2.87. The molecule has 0 spiro atoms. The summed E-state index contributed by atoms with van der Waals surface area (Å²) < 4.78 is 5.13. The first kappa shape index (κ1) is 18.1. The van der Waals surface area contributed by atoms with Crippen LogP contribution >= 0.6 is 24.0 Å². The van der Waals surface area contributed by atoms with Crippen molar-refractivity contribution in [3.8, 4) is 5.75 Å². The molecule has 3 N–H and O–H groups in total. The molecule has 0 aliphatic heterocycles. The van der Waals surface area contributed by atoms with Crippen molar-refractivity contribution in [1.29, 1.82) is 0 Å². The standard InChI is InChI=1S/C15H21ClN2O2.ClH/c1-20-14-9-11(6-7-12(14)16)18-15(19)8-10-4-2-3-5-13(10)17;/h6-7,9-10,13H,2-5,8,17H2,1H3,(H,18,19);1H. The van der Waals surface area contributed by atoms with E-state index in [9.17, 15) is 4.79 Å². The highest BCUT2D eigenvalue weighted by molar-refractivity contribution is 6.32. The molecule has 1 aliphatic rings. The number of carbonyl (C=O) groups excluding carboxylic acids is 1. The number of methoxy groups -OCH3 is 1. The lowest BCUT2D eigenvalue weighted by molar-refractivity contribution is -0.117. The van der Waals surface area contributed by atoms with E-state index in [1.807, 2.05) is 0 Å². The Balaban J connectivity index is 0.00000220. The van der Waals surface area contributed by atoms with Gasteiger partial charge >= 0.3 is 0 Å². The summed E-state index contributed by atoms with van der Waals surface area (Å²) in [6.07, 6.45) is 4.88. The van der Waals surface area contributed by atoms with E-state index in [-0.39, 0.29) is 30.3 Å². The highest BCUT2D eigenvalue weighted by Crippen LogP contribution is 2.29. The summed E-state index contributed by atoms with van der Waals surface area (Å²) in [5.41, 5.74) is 6.76. The Bertz CT molecular complexity index is 483. The van der Waals surface area contributed by atoms with E-state index in [1.165, 1.54) is 12.8 Å². The molecular weight excluding hydrogens is 311 g/mol. The van der Waals surface area contributed by atoms with Crippen molar-refractivity contribution in [2.75, 3.05) is 12.4 Å². The monoisotopic (exact) mass is 332 g/mol. The summed E-state index contributed by atoms with van der Waals surface area (Å²) in [5.74, 6) is 0.841. The van der Waals surface area contributed by atoms with E-state index in [0.717, 1.165) is 12.8 Å². The van der Waals surface area contributed by atoms with Crippen LogP contribution in [0.15, 0.2) is 18.2 Å². The molecule has 4 nitrogen and oxygen atoms in total. The van der Waals surface area contributed by atoms with Gasteiger partial charge in [0, 0.05) is 24.2 Å². The zero-order valence-electron chi connectivity index (χ0n) is 12.1. The fraction of sp³-hybridized carbons (Fsp3) is 0.533. The molecule has 1 amide bonds. The fourth-order valence-electron chi connectivity index (χ4n) is 2.68. The van der Waals surface area contributed by atoms with E-state index >= 15 is 0 Å². The van der Waals surface area contributed by atoms with Crippen molar-refractivity contribution in [2.24, 2.45) is 11.7 Å². The molecule has 1 saturated carbocycles. The molecule has 1 aromatic rings. The van der Waals surface area contributed by atoms with Crippen LogP contribution < -0.4 is 15.8 Å². The highest BCUT2D eigenvalue weighted by Gasteiger charge is 2.24. The van der Waals surface area contributed by atoms with Gasteiger partial charge in [0.1, 0.15) is 5.75 Å². The van der Waals surface area contributed by atoms with Gasteiger partial charge in [-0.15, -0.1) is 12.4 Å². The Hall–Kier alpha value is -0.970. The lowest BCUT2D eigenvalue weighted by Gasteiger charge is -2.27. The minimum Gasteiger partial charge on any atom is -0.495 e. The topological polar surface area (TPSA) is 64.3 Å². The Morgan fingerprint density at radius 1 is 1.43 bits per heavy atom. The Labute approximate surface area is 136 Å². The largest absolute Gasteiger partial charge is 0.495 e. The second-order valence-electron chi connectivity index (χ2n) is 5.31. The predicted octanol–water partition coefficient (Wildman–Crippen LogP) is 3.62. The van der Waals surface area contributed by atoms with Crippen molar-refractivity contribution in [3.63, 3.8) is 0 Å². The van der Waals surface area contributed by atoms with Gasteiger partial charge in [-0.05, 0) is 30.9 Å². The molecular formula is C15H22Cl2N2O2. The molecule has 6 heteroatoms. The SMILES string of the molecule is COc1cc(NC(=O)CC2CCCCC2N)ccc1Cl.Cl. The van der Waals surface area contributed by atoms with Gasteiger partial charge in [0.15, 0.2) is 0 Å². The smallest absolute Gasteiger partial charge is 0.224 e. The summed E-state index contributed by atoms with van der Waals surface area (Å²) in [5, 5.41) is 3.41. The second kappa shape index (κ2) is 8.47. The van der Waals surface area contributed by atoms with Gasteiger partial charge in [-0.1, -0.05) is 24.4 Å². The number of nitrogens with two attached hydrogens (primary N) is 1. The van der Waals surface area contributed by atoms with Gasteiger partial charge in [0.2, 0.25) is 5.91 Å². The van der Waals surface area contributed by atoms with Crippen LogP contribution in [0.25, 0.3) is 0 Å². The van der Waals surface area contributed by atoms with Crippen LogP contribution in [-0.2, 0) is 4.79 Å². The van der Waals surface area contributed by atoms with Gasteiger partial charge < -0.3 is 15.8 Å². The summed E-state index contributed by atoms with van der Waals surface area (Å²) in [7, 11) is 1.55. The number of nitrogens with one attached hydrogen (secondary N) is 1. The first-order valence-corrected chi connectivity index (χ1v) is 7.37. The molecule has 118 valence electrons. The number of benzene rings is 1. The van der Waals surface area contributed by atoms with Crippen molar-refractivity contribution in [3.05, 3.63) is 23.2 Å². The summed E-state index contributed by atoms with van der Waals surface area (Å²) in [6.45, 7) is 0. The lowest BCUT2D eigenvalue weighted by Crippen LogP contribution is -2.35. The maximum Gasteiger partial charge on any atom is 0.224 e. The molecule has 21 heavy (non-hydrogen) atoms. The highest BCUT2D eigenvalue weighted by atomic mass is 35.5. The number of hydrogen-bond donors (Lipinski definition) is 2. The van der Waals surface area contributed by atoms with Crippen LogP contribution in [0, 0.1) is 5.92 Å². The zero-order chi connectivity index (χ0) is 14.5. The molecule has 2 rings (SSSR count). The van der Waals surface area contributed by atoms with Crippen LogP contribution in [0.1, 0.15) is 32.1 Å². The van der Waals surface area contributed by atoms with E-state index in [1.54, 1.807) is 25.3 Å². The number of halogens is 2. The van der Waals surface area contributed by atoms with Gasteiger partial charge in [0.05, 0.1) is 12.1 Å². The van der Waals surface area contributed by atoms with Crippen molar-refractivity contribution >= 4 is 35.6 Å². The summed E-state index contributed by atoms with van der Waals surface area (Å²) in [4.78, 5) is 12.1. The number of rotatable bonds is 4. The number of carbonyl (C=O) groups is 1. The van der Waals surface area contributed by atoms with Gasteiger partial charge in [-0.2, -0.15) is 0 Å². The molecule has 1 aromatic carbocycles. The molecule has 0 radical (unpaired) electrons. The number of amides is 1. The lowest BCUT2D eigenvalue weighted by atomic mass is 9.83. The molecule has 1 aliphatic carbocycles. The minimum atomic E-state index is -0.00303. The van der Waals surface area contributed by atoms with E-state index in [0.29, 0.717) is 22.9 Å². The van der Waals surface area contributed by atoms with E-state index in [2.05, 4.69) is 5.32 Å². The molecule has 2 unspecified atom stereocenters. The maximum absolute atomic E-state index is 12.1. The molecule has 0 heterocycles. The zero-order valence-corrected chi connectivity index (χ0v) is 13.7. The summed E-state index contributed by atoms with van der Waals surface area (Å²) in [6, 6.07) is 5.35. The van der Waals surface area contributed by atoms with Gasteiger partial charge in [0.25, 0.3) is 0 Å². The van der Waals surface area contributed by atoms with Crippen LogP contribution in [0.3, 0.4) is 0 Å². The average Bonchev–Trinajstić information content (AvgIpc) is 2.43. The molecule has 2 atom stereocenters. The van der Waals surface area contributed by atoms with Crippen molar-refractivity contribution in [1.82, 2.24) is 0 Å². The third-order valence-corrected chi connectivity index (χ3v) is 4.16. The predicted molar refractivity (Wildman–Crippen MR) is 88.4 cm³/mol. The van der Waals surface area contributed by atoms with Crippen molar-refractivity contribution < 1.29 is 9.53 Å². The minimum absolute atomic E-state index is 0. The normalized spacial score (nSPS) is 21.3. The van der Waals surface area contributed by atoms with Crippen LogP contribution in [0.4, 0.5) is 5.69 Å². The Kier molecular flexibility index (Phi) is 7.29. The molecule has 0 saturated heterocycles. The van der Waals surface area contributed by atoms with Crippen LogP contribution in [-0.4, -0.2) is 19.1 Å². The van der Waals surface area contributed by atoms with Gasteiger partial charge in [-0.25, -0.2) is 0 Å². The Morgan fingerprint density at radius 3 is 2.81 bits per heavy atom. The molecule has 0 bridgehead atoms. The second-order valence-corrected chi connectivity index (χ2v) is 5.72. The van der Waals surface area contributed by atoms with Crippen LogP contribution in [0.2, 0.25) is 5.02 Å². The number of ether oxygens (including phenoxy) is 1. The van der Waals surface area contributed by atoms with E-state index in [4.69, 9.17) is 22.1 Å². The average molecular weight is 333 g/mol. The van der Waals surface area contributed by atoms with Crippen LogP contribution in [0.5, 0.6) is 5.75 Å². The maximum atomic E-state index is 12.1. The van der Waals surface area contributed by atoms with Crippen molar-refractivity contribution in [2.45, 2.75) is 38.1 Å². The quantitative estimate of drug-likeness (QED) is 0.885. The number of hydrogen-bond acceptors (Lipinski definition) is 3.